The average molecular weight is 238 g/mol. The number of H-pyrrole nitrogens is 1. The number of nitrogens with zero attached hydrogens (tertiary/aromatic N) is 1. The lowest BCUT2D eigenvalue weighted by molar-refractivity contribution is 0.0944. The summed E-state index contributed by atoms with van der Waals surface area (Å²) in [6.45, 7) is 1.20. The van der Waals surface area contributed by atoms with Gasteiger partial charge in [-0.05, 0) is 19.3 Å². The van der Waals surface area contributed by atoms with E-state index in [9.17, 15) is 4.79 Å². The van der Waals surface area contributed by atoms with E-state index in [1.54, 1.807) is 7.11 Å². The number of rotatable bonds is 6. The summed E-state index contributed by atoms with van der Waals surface area (Å²) < 4.78 is 4.90. The molecule has 0 aliphatic heterocycles. The summed E-state index contributed by atoms with van der Waals surface area (Å²) in [4.78, 5) is 11.8. The summed E-state index contributed by atoms with van der Waals surface area (Å²) in [6.07, 6.45) is 3.03. The first kappa shape index (κ1) is 11.9. The van der Waals surface area contributed by atoms with E-state index in [-0.39, 0.29) is 5.91 Å². The average Bonchev–Trinajstić information content (AvgIpc) is 3.08. The maximum Gasteiger partial charge on any atom is 0.273 e. The van der Waals surface area contributed by atoms with Crippen molar-refractivity contribution in [3.05, 3.63) is 11.4 Å². The molecule has 0 aromatic carbocycles. The number of ether oxygens (including phenoxy) is 1. The highest BCUT2D eigenvalue weighted by molar-refractivity contribution is 5.97. The fourth-order valence-electron chi connectivity index (χ4n) is 1.72. The van der Waals surface area contributed by atoms with Gasteiger partial charge in [-0.25, -0.2) is 0 Å². The molecule has 94 valence electrons. The molecule has 0 atom stereocenters. The molecule has 0 saturated heterocycles. The second-order valence-corrected chi connectivity index (χ2v) is 4.28. The van der Waals surface area contributed by atoms with Crippen LogP contribution in [-0.4, -0.2) is 36.4 Å². The fraction of sp³-hybridized carbons (Fsp3) is 0.636. The number of anilines is 1. The van der Waals surface area contributed by atoms with Gasteiger partial charge in [0.1, 0.15) is 0 Å². The van der Waals surface area contributed by atoms with Gasteiger partial charge < -0.3 is 15.8 Å². The van der Waals surface area contributed by atoms with E-state index in [1.165, 1.54) is 0 Å². The van der Waals surface area contributed by atoms with E-state index in [2.05, 4.69) is 15.5 Å². The maximum atomic E-state index is 11.8. The quantitative estimate of drug-likeness (QED) is 0.634. The normalized spacial score (nSPS) is 14.9. The first-order valence-electron chi connectivity index (χ1n) is 5.85. The summed E-state index contributed by atoms with van der Waals surface area (Å²) in [7, 11) is 1.63. The van der Waals surface area contributed by atoms with E-state index >= 15 is 0 Å². The number of aromatic nitrogens is 2. The minimum Gasteiger partial charge on any atom is -0.395 e. The van der Waals surface area contributed by atoms with Crippen LogP contribution in [0, 0.1) is 0 Å². The van der Waals surface area contributed by atoms with Gasteiger partial charge in [0.2, 0.25) is 0 Å². The summed E-state index contributed by atoms with van der Waals surface area (Å²) >= 11 is 0. The standard InChI is InChI=1S/C11H18N4O2/c1-17-6-2-5-13-11(16)10-8(12)9(14-15-10)7-3-4-7/h7H,2-6,12H2,1H3,(H,13,16)(H,14,15). The predicted molar refractivity (Wildman–Crippen MR) is 63.8 cm³/mol. The number of aromatic amines is 1. The smallest absolute Gasteiger partial charge is 0.273 e. The number of nitrogens with one attached hydrogen (secondary N) is 2. The Morgan fingerprint density at radius 2 is 2.41 bits per heavy atom. The van der Waals surface area contributed by atoms with Gasteiger partial charge in [0, 0.05) is 26.2 Å². The molecule has 0 unspecified atom stereocenters. The molecule has 17 heavy (non-hydrogen) atoms. The molecule has 1 fully saturated rings. The summed E-state index contributed by atoms with van der Waals surface area (Å²) in [5.41, 5.74) is 7.61. The molecular weight excluding hydrogens is 220 g/mol. The Balaban J connectivity index is 1.90. The largest absolute Gasteiger partial charge is 0.395 e. The number of carbonyl (C=O) groups excluding carboxylic acids is 1. The van der Waals surface area contributed by atoms with E-state index < -0.39 is 0 Å². The number of amides is 1. The zero-order valence-corrected chi connectivity index (χ0v) is 9.95. The van der Waals surface area contributed by atoms with Crippen molar-refractivity contribution in [1.82, 2.24) is 15.5 Å². The Labute approximate surface area is 99.9 Å². The minimum atomic E-state index is -0.221. The van der Waals surface area contributed by atoms with Crippen molar-refractivity contribution < 1.29 is 9.53 Å². The number of nitrogen functional groups attached to an aromatic ring is 1. The molecule has 0 radical (unpaired) electrons. The van der Waals surface area contributed by atoms with Crippen molar-refractivity contribution in [1.29, 1.82) is 0 Å². The number of methoxy groups -OCH3 is 1. The Bertz CT molecular complexity index is 398. The van der Waals surface area contributed by atoms with Crippen molar-refractivity contribution >= 4 is 11.6 Å². The van der Waals surface area contributed by atoms with Crippen molar-refractivity contribution in [2.24, 2.45) is 0 Å². The molecule has 1 aromatic rings. The molecule has 4 N–H and O–H groups in total. The molecular formula is C11H18N4O2. The molecule has 1 aliphatic carbocycles. The lowest BCUT2D eigenvalue weighted by atomic mass is 10.2. The molecule has 1 heterocycles. The predicted octanol–water partition coefficient (Wildman–Crippen LogP) is 0.636. The third kappa shape index (κ3) is 2.76. The Kier molecular flexibility index (Phi) is 3.63. The van der Waals surface area contributed by atoms with Gasteiger partial charge in [-0.2, -0.15) is 5.10 Å². The lowest BCUT2D eigenvalue weighted by Gasteiger charge is -2.03. The topological polar surface area (TPSA) is 93.0 Å². The first-order valence-corrected chi connectivity index (χ1v) is 5.85. The zero-order valence-electron chi connectivity index (χ0n) is 9.95. The molecule has 1 aliphatic rings. The van der Waals surface area contributed by atoms with E-state index in [0.717, 1.165) is 25.0 Å². The summed E-state index contributed by atoms with van der Waals surface area (Å²) in [5.74, 6) is 0.249. The Morgan fingerprint density at radius 1 is 1.65 bits per heavy atom. The van der Waals surface area contributed by atoms with Gasteiger partial charge >= 0.3 is 0 Å². The zero-order chi connectivity index (χ0) is 12.3. The van der Waals surface area contributed by atoms with E-state index in [0.29, 0.717) is 30.5 Å². The van der Waals surface area contributed by atoms with Crippen molar-refractivity contribution in [3.8, 4) is 0 Å². The minimum absolute atomic E-state index is 0.221. The van der Waals surface area contributed by atoms with Gasteiger partial charge in [-0.1, -0.05) is 0 Å². The molecule has 6 heteroatoms. The second-order valence-electron chi connectivity index (χ2n) is 4.28. The summed E-state index contributed by atoms with van der Waals surface area (Å²) in [5, 5.41) is 9.61. The number of hydrogen-bond acceptors (Lipinski definition) is 4. The van der Waals surface area contributed by atoms with Crippen molar-refractivity contribution in [2.75, 3.05) is 26.0 Å². The number of carbonyl (C=O) groups is 1. The monoisotopic (exact) mass is 238 g/mol. The highest BCUT2D eigenvalue weighted by Gasteiger charge is 2.30. The highest BCUT2D eigenvalue weighted by Crippen LogP contribution is 2.42. The second kappa shape index (κ2) is 5.18. The summed E-state index contributed by atoms with van der Waals surface area (Å²) in [6, 6.07) is 0. The maximum absolute atomic E-state index is 11.8. The third-order valence-corrected chi connectivity index (χ3v) is 2.84. The molecule has 6 nitrogen and oxygen atoms in total. The van der Waals surface area contributed by atoms with E-state index in [4.69, 9.17) is 10.5 Å². The van der Waals surface area contributed by atoms with E-state index in [1.807, 2.05) is 0 Å². The lowest BCUT2D eigenvalue weighted by Crippen LogP contribution is -2.26. The van der Waals surface area contributed by atoms with Crippen LogP contribution in [0.4, 0.5) is 5.69 Å². The molecule has 1 amide bonds. The van der Waals surface area contributed by atoms with Crippen LogP contribution in [0.1, 0.15) is 41.4 Å². The molecule has 0 spiro atoms. The highest BCUT2D eigenvalue weighted by atomic mass is 16.5. The van der Waals surface area contributed by atoms with Crippen LogP contribution >= 0.6 is 0 Å². The van der Waals surface area contributed by atoms with Crippen LogP contribution in [0.5, 0.6) is 0 Å². The van der Waals surface area contributed by atoms with Gasteiger partial charge in [0.05, 0.1) is 11.4 Å². The van der Waals surface area contributed by atoms with Gasteiger partial charge in [-0.3, -0.25) is 9.89 Å². The van der Waals surface area contributed by atoms with Gasteiger partial charge in [-0.15, -0.1) is 0 Å². The van der Waals surface area contributed by atoms with Crippen LogP contribution in [-0.2, 0) is 4.74 Å². The molecule has 1 aromatic heterocycles. The van der Waals surface area contributed by atoms with Gasteiger partial charge in [0.15, 0.2) is 5.69 Å². The van der Waals surface area contributed by atoms with Gasteiger partial charge in [0.25, 0.3) is 5.91 Å². The third-order valence-electron chi connectivity index (χ3n) is 2.84. The Hall–Kier alpha value is -1.56. The Morgan fingerprint density at radius 3 is 3.06 bits per heavy atom. The van der Waals surface area contributed by atoms with Crippen LogP contribution in [0.2, 0.25) is 0 Å². The number of hydrogen-bond donors (Lipinski definition) is 3. The van der Waals surface area contributed by atoms with Crippen molar-refractivity contribution in [3.63, 3.8) is 0 Å². The molecule has 0 bridgehead atoms. The van der Waals surface area contributed by atoms with Crippen molar-refractivity contribution in [2.45, 2.75) is 25.2 Å². The SMILES string of the molecule is COCCCNC(=O)c1n[nH]c(C2CC2)c1N. The van der Waals surface area contributed by atoms with Crippen LogP contribution < -0.4 is 11.1 Å². The van der Waals surface area contributed by atoms with Crippen LogP contribution in [0.25, 0.3) is 0 Å². The van der Waals surface area contributed by atoms with Crippen LogP contribution in [0.3, 0.4) is 0 Å². The fourth-order valence-corrected chi connectivity index (χ4v) is 1.72. The first-order chi connectivity index (χ1) is 8.24. The van der Waals surface area contributed by atoms with Crippen LogP contribution in [0.15, 0.2) is 0 Å². The number of nitrogens with two attached hydrogens (primary N) is 1. The molecule has 2 rings (SSSR count). The molecule has 1 saturated carbocycles.